The van der Waals surface area contributed by atoms with Gasteiger partial charge in [0.1, 0.15) is 0 Å². The molecule has 1 heterocycles. The average Bonchev–Trinajstić information content (AvgIpc) is 2.77. The Labute approximate surface area is 190 Å². The van der Waals surface area contributed by atoms with Gasteiger partial charge in [0.25, 0.3) is 11.5 Å². The van der Waals surface area contributed by atoms with E-state index < -0.39 is 28.0 Å². The van der Waals surface area contributed by atoms with Gasteiger partial charge in [-0.3, -0.25) is 14.4 Å². The van der Waals surface area contributed by atoms with Crippen LogP contribution >= 0.6 is 0 Å². The molecule has 0 saturated heterocycles. The quantitative estimate of drug-likeness (QED) is 0.513. The van der Waals surface area contributed by atoms with Crippen LogP contribution in [0.4, 0.5) is 5.69 Å². The summed E-state index contributed by atoms with van der Waals surface area (Å²) >= 11 is 0. The maximum atomic E-state index is 12.5. The van der Waals surface area contributed by atoms with Gasteiger partial charge in [-0.1, -0.05) is 24.3 Å². The van der Waals surface area contributed by atoms with E-state index in [0.717, 1.165) is 8.99 Å². The third-order valence-electron chi connectivity index (χ3n) is 4.90. The third kappa shape index (κ3) is 5.26. The molecule has 33 heavy (non-hydrogen) atoms. The van der Waals surface area contributed by atoms with Crippen LogP contribution in [0.3, 0.4) is 0 Å². The van der Waals surface area contributed by atoms with Gasteiger partial charge in [-0.25, -0.2) is 17.4 Å². The minimum Gasteiger partial charge on any atom is -0.452 e. The number of esters is 1. The Morgan fingerprint density at radius 3 is 2.45 bits per heavy atom. The summed E-state index contributed by atoms with van der Waals surface area (Å²) in [5.74, 6) is -1.32. The van der Waals surface area contributed by atoms with E-state index in [1.807, 2.05) is 0 Å². The van der Waals surface area contributed by atoms with Crippen molar-refractivity contribution in [3.8, 4) is 0 Å². The minimum absolute atomic E-state index is 0.0163. The predicted octanol–water partition coefficient (Wildman–Crippen LogP) is 1.30. The van der Waals surface area contributed by atoms with Crippen LogP contribution in [-0.4, -0.2) is 54.6 Å². The van der Waals surface area contributed by atoms with Gasteiger partial charge in [0, 0.05) is 32.2 Å². The number of benzene rings is 2. The largest absolute Gasteiger partial charge is 0.452 e. The highest BCUT2D eigenvalue weighted by Gasteiger charge is 2.22. The van der Waals surface area contributed by atoms with Crippen LogP contribution in [0.1, 0.15) is 12.6 Å². The molecule has 10 nitrogen and oxygen atoms in total. The molecule has 0 unspecified atom stereocenters. The molecule has 11 heteroatoms. The van der Waals surface area contributed by atoms with Gasteiger partial charge in [0.15, 0.2) is 6.10 Å². The van der Waals surface area contributed by atoms with Crippen LogP contribution in [0.25, 0.3) is 10.8 Å². The first kappa shape index (κ1) is 24.1. The van der Waals surface area contributed by atoms with Gasteiger partial charge in [0.05, 0.1) is 22.4 Å². The summed E-state index contributed by atoms with van der Waals surface area (Å²) in [6.07, 6.45) is -1.38. The standard InChI is InChI=1S/C22H24N4O6S/c1-14(21(28)23-15-8-7-9-16(12-15)33(30,31)25(2)3)32-20(27)13-19-17-10-5-6-11-18(17)22(29)26(4)24-19/h5-12,14H,13H2,1-4H3,(H,23,28)/t14-/m0/s1. The van der Waals surface area contributed by atoms with Gasteiger partial charge in [-0.2, -0.15) is 5.10 Å². The van der Waals surface area contributed by atoms with Crippen LogP contribution in [0.15, 0.2) is 58.2 Å². The van der Waals surface area contributed by atoms with Crippen molar-refractivity contribution in [1.82, 2.24) is 14.1 Å². The number of aromatic nitrogens is 2. The molecule has 0 aliphatic rings. The number of fused-ring (bicyclic) bond motifs is 1. The average molecular weight is 473 g/mol. The minimum atomic E-state index is -3.67. The number of nitrogens with one attached hydrogen (secondary N) is 1. The maximum absolute atomic E-state index is 12.5. The number of hydrogen-bond acceptors (Lipinski definition) is 7. The molecule has 174 valence electrons. The lowest BCUT2D eigenvalue weighted by molar-refractivity contribution is -0.152. The Kier molecular flexibility index (Phi) is 6.94. The number of anilines is 1. The molecule has 1 amide bonds. The van der Waals surface area contributed by atoms with E-state index in [1.54, 1.807) is 24.3 Å². The molecule has 0 bridgehead atoms. The van der Waals surface area contributed by atoms with Crippen molar-refractivity contribution in [2.24, 2.45) is 7.05 Å². The first-order valence-corrected chi connectivity index (χ1v) is 11.4. The van der Waals surface area contributed by atoms with E-state index >= 15 is 0 Å². The van der Waals surface area contributed by atoms with E-state index in [-0.39, 0.29) is 22.6 Å². The van der Waals surface area contributed by atoms with Crippen molar-refractivity contribution in [3.05, 3.63) is 64.6 Å². The van der Waals surface area contributed by atoms with Crippen molar-refractivity contribution in [2.75, 3.05) is 19.4 Å². The van der Waals surface area contributed by atoms with Crippen molar-refractivity contribution in [3.63, 3.8) is 0 Å². The van der Waals surface area contributed by atoms with Crippen LogP contribution < -0.4 is 10.9 Å². The molecule has 2 aromatic carbocycles. The molecule has 0 saturated carbocycles. The third-order valence-corrected chi connectivity index (χ3v) is 6.71. The summed E-state index contributed by atoms with van der Waals surface area (Å²) in [7, 11) is 0.637. The van der Waals surface area contributed by atoms with E-state index in [1.165, 1.54) is 52.3 Å². The number of amides is 1. The van der Waals surface area contributed by atoms with Crippen LogP contribution in [0.2, 0.25) is 0 Å². The highest BCUT2D eigenvalue weighted by Crippen LogP contribution is 2.19. The van der Waals surface area contributed by atoms with Crippen molar-refractivity contribution < 1.29 is 22.7 Å². The zero-order valence-electron chi connectivity index (χ0n) is 18.6. The molecule has 0 spiro atoms. The number of rotatable bonds is 7. The van der Waals surface area contributed by atoms with Gasteiger partial charge in [0.2, 0.25) is 10.0 Å². The maximum Gasteiger partial charge on any atom is 0.312 e. The molecule has 0 radical (unpaired) electrons. The molecule has 0 aliphatic carbocycles. The molecule has 1 atom stereocenters. The van der Waals surface area contributed by atoms with E-state index in [9.17, 15) is 22.8 Å². The molecule has 1 aromatic heterocycles. The Morgan fingerprint density at radius 1 is 1.12 bits per heavy atom. The van der Waals surface area contributed by atoms with Gasteiger partial charge >= 0.3 is 5.97 Å². The van der Waals surface area contributed by atoms with Crippen LogP contribution in [0.5, 0.6) is 0 Å². The Morgan fingerprint density at radius 2 is 1.79 bits per heavy atom. The second-order valence-electron chi connectivity index (χ2n) is 7.53. The topological polar surface area (TPSA) is 128 Å². The lowest BCUT2D eigenvalue weighted by atomic mass is 10.1. The number of nitrogens with zero attached hydrogens (tertiary/aromatic N) is 3. The molecule has 0 fully saturated rings. The van der Waals surface area contributed by atoms with Crippen LogP contribution in [0, 0.1) is 0 Å². The zero-order valence-corrected chi connectivity index (χ0v) is 19.4. The van der Waals surface area contributed by atoms with E-state index in [4.69, 9.17) is 4.74 Å². The lowest BCUT2D eigenvalue weighted by Gasteiger charge is -2.15. The zero-order chi connectivity index (χ0) is 24.3. The highest BCUT2D eigenvalue weighted by molar-refractivity contribution is 7.89. The molecular formula is C22H24N4O6S. The molecule has 3 rings (SSSR count). The predicted molar refractivity (Wildman–Crippen MR) is 122 cm³/mol. The number of hydrogen-bond donors (Lipinski definition) is 1. The number of carbonyl (C=O) groups is 2. The Balaban J connectivity index is 1.70. The summed E-state index contributed by atoms with van der Waals surface area (Å²) in [4.78, 5) is 37.2. The fraction of sp³-hybridized carbons (Fsp3) is 0.273. The number of aryl methyl sites for hydroxylation is 1. The van der Waals surface area contributed by atoms with Gasteiger partial charge < -0.3 is 10.1 Å². The van der Waals surface area contributed by atoms with Crippen molar-refractivity contribution in [1.29, 1.82) is 0 Å². The summed E-state index contributed by atoms with van der Waals surface area (Å²) in [6, 6.07) is 12.6. The first-order valence-electron chi connectivity index (χ1n) is 9.98. The van der Waals surface area contributed by atoms with Crippen molar-refractivity contribution >= 4 is 38.4 Å². The molecule has 3 aromatic rings. The van der Waals surface area contributed by atoms with Gasteiger partial charge in [-0.15, -0.1) is 0 Å². The molecule has 0 aliphatic heterocycles. The second-order valence-corrected chi connectivity index (χ2v) is 9.69. The number of sulfonamides is 1. The van der Waals surface area contributed by atoms with E-state index in [0.29, 0.717) is 16.5 Å². The molecule has 1 N–H and O–H groups in total. The smallest absolute Gasteiger partial charge is 0.312 e. The number of ether oxygens (including phenoxy) is 1. The Bertz CT molecular complexity index is 1380. The molecular weight excluding hydrogens is 448 g/mol. The Hall–Kier alpha value is -3.57. The van der Waals surface area contributed by atoms with E-state index in [2.05, 4.69) is 10.4 Å². The summed E-state index contributed by atoms with van der Waals surface area (Å²) in [5, 5.41) is 7.66. The first-order chi connectivity index (χ1) is 15.5. The normalized spacial score (nSPS) is 12.5. The van der Waals surface area contributed by atoms with Gasteiger partial charge in [-0.05, 0) is 31.2 Å². The fourth-order valence-corrected chi connectivity index (χ4v) is 4.07. The summed E-state index contributed by atoms with van der Waals surface area (Å²) in [6.45, 7) is 1.40. The highest BCUT2D eigenvalue weighted by atomic mass is 32.2. The summed E-state index contributed by atoms with van der Waals surface area (Å²) < 4.78 is 32.0. The van der Waals surface area contributed by atoms with Crippen molar-refractivity contribution in [2.45, 2.75) is 24.3 Å². The second kappa shape index (κ2) is 9.51. The SMILES string of the molecule is C[C@H](OC(=O)Cc1nn(C)c(=O)c2ccccc12)C(=O)Nc1cccc(S(=O)(=O)N(C)C)c1. The lowest BCUT2D eigenvalue weighted by Crippen LogP contribution is -2.31. The monoisotopic (exact) mass is 472 g/mol. The summed E-state index contributed by atoms with van der Waals surface area (Å²) in [5.41, 5.74) is 0.317. The number of carbonyl (C=O) groups excluding carboxylic acids is 2. The fourth-order valence-electron chi connectivity index (χ4n) is 3.12. The van der Waals surface area contributed by atoms with Crippen LogP contribution in [-0.2, 0) is 37.8 Å².